The summed E-state index contributed by atoms with van der Waals surface area (Å²) in [6.45, 7) is 4.65. The predicted molar refractivity (Wildman–Crippen MR) is 85.0 cm³/mol. The molecule has 0 spiro atoms. The maximum absolute atomic E-state index is 12.2. The molecule has 1 fully saturated rings. The van der Waals surface area contributed by atoms with Crippen molar-refractivity contribution < 1.29 is 9.53 Å². The summed E-state index contributed by atoms with van der Waals surface area (Å²) in [4.78, 5) is 18.0. The van der Waals surface area contributed by atoms with E-state index < -0.39 is 0 Å². The SMILES string of the molecule is CCn1cc(CNC(=O)N2CC[C@@H](Oc3ccncc3)C2)cn1. The van der Waals surface area contributed by atoms with Crippen LogP contribution in [0.2, 0.25) is 0 Å². The van der Waals surface area contributed by atoms with Gasteiger partial charge in [0.05, 0.1) is 12.7 Å². The van der Waals surface area contributed by atoms with Crippen LogP contribution in [0.15, 0.2) is 36.9 Å². The lowest BCUT2D eigenvalue weighted by Crippen LogP contribution is -2.39. The van der Waals surface area contributed by atoms with Gasteiger partial charge in [0.1, 0.15) is 11.9 Å². The molecule has 2 aromatic heterocycles. The average molecular weight is 315 g/mol. The third kappa shape index (κ3) is 4.00. The number of urea groups is 1. The zero-order valence-electron chi connectivity index (χ0n) is 13.2. The summed E-state index contributed by atoms with van der Waals surface area (Å²) in [5.74, 6) is 0.791. The summed E-state index contributed by atoms with van der Waals surface area (Å²) in [7, 11) is 0. The molecule has 2 aromatic rings. The van der Waals surface area contributed by atoms with Gasteiger partial charge in [-0.2, -0.15) is 5.10 Å². The molecule has 0 aromatic carbocycles. The van der Waals surface area contributed by atoms with Crippen LogP contribution in [0.1, 0.15) is 18.9 Å². The van der Waals surface area contributed by atoms with E-state index >= 15 is 0 Å². The number of rotatable bonds is 5. The van der Waals surface area contributed by atoms with Gasteiger partial charge in [-0.05, 0) is 19.1 Å². The number of likely N-dealkylation sites (tertiary alicyclic amines) is 1. The van der Waals surface area contributed by atoms with Crippen LogP contribution in [0.25, 0.3) is 0 Å². The van der Waals surface area contributed by atoms with E-state index in [1.54, 1.807) is 23.5 Å². The molecule has 3 rings (SSSR count). The summed E-state index contributed by atoms with van der Waals surface area (Å²) < 4.78 is 7.70. The number of ether oxygens (including phenoxy) is 1. The van der Waals surface area contributed by atoms with Crippen molar-refractivity contribution in [2.75, 3.05) is 13.1 Å². The molecule has 3 heterocycles. The number of nitrogens with zero attached hydrogens (tertiary/aromatic N) is 4. The molecule has 0 aliphatic carbocycles. The number of aromatic nitrogens is 3. The van der Waals surface area contributed by atoms with E-state index in [2.05, 4.69) is 15.4 Å². The second kappa shape index (κ2) is 7.13. The lowest BCUT2D eigenvalue weighted by molar-refractivity contribution is 0.186. The van der Waals surface area contributed by atoms with Crippen LogP contribution in [0.5, 0.6) is 5.75 Å². The van der Waals surface area contributed by atoms with Crippen molar-refractivity contribution in [3.8, 4) is 5.75 Å². The molecule has 7 nitrogen and oxygen atoms in total. The number of carbonyl (C=O) groups excluding carboxylic acids is 1. The van der Waals surface area contributed by atoms with Crippen molar-refractivity contribution in [1.82, 2.24) is 25.0 Å². The van der Waals surface area contributed by atoms with Gasteiger partial charge in [-0.1, -0.05) is 0 Å². The highest BCUT2D eigenvalue weighted by molar-refractivity contribution is 5.74. The van der Waals surface area contributed by atoms with Gasteiger partial charge in [0.25, 0.3) is 0 Å². The maximum atomic E-state index is 12.2. The molecule has 2 amide bonds. The fourth-order valence-electron chi connectivity index (χ4n) is 2.58. The van der Waals surface area contributed by atoms with Gasteiger partial charge in [0.15, 0.2) is 0 Å². The Kier molecular flexibility index (Phi) is 4.75. The molecule has 0 bridgehead atoms. The van der Waals surface area contributed by atoms with Crippen LogP contribution < -0.4 is 10.1 Å². The summed E-state index contributed by atoms with van der Waals surface area (Å²) in [6.07, 6.45) is 7.99. The predicted octanol–water partition coefficient (Wildman–Crippen LogP) is 1.66. The Hall–Kier alpha value is -2.57. The highest BCUT2D eigenvalue weighted by Gasteiger charge is 2.27. The Morgan fingerprint density at radius 1 is 1.43 bits per heavy atom. The van der Waals surface area contributed by atoms with E-state index in [4.69, 9.17) is 4.74 Å². The first kappa shape index (κ1) is 15.3. The number of hydrogen-bond acceptors (Lipinski definition) is 4. The van der Waals surface area contributed by atoms with Gasteiger partial charge in [-0.25, -0.2) is 4.79 Å². The highest BCUT2D eigenvalue weighted by Crippen LogP contribution is 2.17. The first-order valence-electron chi connectivity index (χ1n) is 7.85. The normalized spacial score (nSPS) is 17.3. The van der Waals surface area contributed by atoms with Crippen LogP contribution >= 0.6 is 0 Å². The molecule has 1 aliphatic heterocycles. The standard InChI is InChI=1S/C16H21N5O2/c1-2-21-11-13(10-19-21)9-18-16(22)20-8-5-15(12-20)23-14-3-6-17-7-4-14/h3-4,6-7,10-11,15H,2,5,8-9,12H2,1H3,(H,18,22)/t15-/m1/s1. The fourth-order valence-corrected chi connectivity index (χ4v) is 2.58. The largest absolute Gasteiger partial charge is 0.488 e. The summed E-state index contributed by atoms with van der Waals surface area (Å²) in [5, 5.41) is 7.13. The second-order valence-corrected chi connectivity index (χ2v) is 5.52. The third-order valence-electron chi connectivity index (χ3n) is 3.84. The molecule has 0 unspecified atom stereocenters. The molecule has 1 atom stereocenters. The number of aryl methyl sites for hydroxylation is 1. The number of nitrogens with one attached hydrogen (secondary N) is 1. The molecular weight excluding hydrogens is 294 g/mol. The maximum Gasteiger partial charge on any atom is 0.317 e. The molecule has 1 N–H and O–H groups in total. The van der Waals surface area contributed by atoms with Crippen molar-refractivity contribution in [2.24, 2.45) is 0 Å². The minimum Gasteiger partial charge on any atom is -0.488 e. The van der Waals surface area contributed by atoms with E-state index in [1.807, 2.05) is 29.9 Å². The lowest BCUT2D eigenvalue weighted by atomic mass is 10.3. The Labute approximate surface area is 135 Å². The van der Waals surface area contributed by atoms with Gasteiger partial charge >= 0.3 is 6.03 Å². The van der Waals surface area contributed by atoms with Crippen molar-refractivity contribution in [3.63, 3.8) is 0 Å². The number of carbonyl (C=O) groups is 1. The van der Waals surface area contributed by atoms with Gasteiger partial charge in [-0.15, -0.1) is 0 Å². The summed E-state index contributed by atoms with van der Waals surface area (Å²) >= 11 is 0. The fraction of sp³-hybridized carbons (Fsp3) is 0.438. The van der Waals surface area contributed by atoms with Crippen molar-refractivity contribution >= 4 is 6.03 Å². The summed E-state index contributed by atoms with van der Waals surface area (Å²) in [6, 6.07) is 3.59. The van der Waals surface area contributed by atoms with E-state index in [0.29, 0.717) is 19.6 Å². The minimum atomic E-state index is -0.0601. The Bertz CT molecular complexity index is 643. The first-order chi connectivity index (χ1) is 11.2. The van der Waals surface area contributed by atoms with Crippen molar-refractivity contribution in [2.45, 2.75) is 32.5 Å². The van der Waals surface area contributed by atoms with Gasteiger partial charge < -0.3 is 15.0 Å². The Morgan fingerprint density at radius 3 is 3.00 bits per heavy atom. The van der Waals surface area contributed by atoms with Crippen LogP contribution in [-0.4, -0.2) is 44.9 Å². The molecule has 122 valence electrons. The molecule has 7 heteroatoms. The number of hydrogen-bond donors (Lipinski definition) is 1. The lowest BCUT2D eigenvalue weighted by Gasteiger charge is -2.17. The van der Waals surface area contributed by atoms with Crippen LogP contribution in [0.3, 0.4) is 0 Å². The summed E-state index contributed by atoms with van der Waals surface area (Å²) in [5.41, 5.74) is 1.00. The van der Waals surface area contributed by atoms with Crippen molar-refractivity contribution in [1.29, 1.82) is 0 Å². The number of amides is 2. The second-order valence-electron chi connectivity index (χ2n) is 5.52. The molecule has 0 radical (unpaired) electrons. The van der Waals surface area contributed by atoms with E-state index in [9.17, 15) is 4.79 Å². The zero-order valence-corrected chi connectivity index (χ0v) is 13.2. The highest BCUT2D eigenvalue weighted by atomic mass is 16.5. The smallest absolute Gasteiger partial charge is 0.317 e. The number of pyridine rings is 1. The van der Waals surface area contributed by atoms with E-state index in [-0.39, 0.29) is 12.1 Å². The van der Waals surface area contributed by atoms with E-state index in [0.717, 1.165) is 24.3 Å². The van der Waals surface area contributed by atoms with E-state index in [1.165, 1.54) is 0 Å². The molecular formula is C16H21N5O2. The first-order valence-corrected chi connectivity index (χ1v) is 7.85. The zero-order chi connectivity index (χ0) is 16.1. The van der Waals surface area contributed by atoms with Crippen LogP contribution in [0.4, 0.5) is 4.79 Å². The van der Waals surface area contributed by atoms with Crippen molar-refractivity contribution in [3.05, 3.63) is 42.5 Å². The molecule has 1 aliphatic rings. The Balaban J connectivity index is 1.45. The van der Waals surface area contributed by atoms with Gasteiger partial charge in [-0.3, -0.25) is 9.67 Å². The molecule has 1 saturated heterocycles. The monoisotopic (exact) mass is 315 g/mol. The third-order valence-corrected chi connectivity index (χ3v) is 3.84. The van der Waals surface area contributed by atoms with Gasteiger partial charge in [0.2, 0.25) is 0 Å². The van der Waals surface area contributed by atoms with Crippen LogP contribution in [0, 0.1) is 0 Å². The quantitative estimate of drug-likeness (QED) is 0.911. The topological polar surface area (TPSA) is 72.3 Å². The molecule has 23 heavy (non-hydrogen) atoms. The van der Waals surface area contributed by atoms with Crippen LogP contribution in [-0.2, 0) is 13.1 Å². The Morgan fingerprint density at radius 2 is 2.26 bits per heavy atom. The van der Waals surface area contributed by atoms with Gasteiger partial charge in [0, 0.05) is 50.2 Å². The minimum absolute atomic E-state index is 0.0333. The average Bonchev–Trinajstić information content (AvgIpc) is 3.23. The molecule has 0 saturated carbocycles.